The topological polar surface area (TPSA) is 81.8 Å². The van der Waals surface area contributed by atoms with Gasteiger partial charge in [0.05, 0.1) is 25.0 Å². The summed E-state index contributed by atoms with van der Waals surface area (Å²) in [5.74, 6) is 1.17. The number of thioether (sulfide) groups is 1. The second-order valence-electron chi connectivity index (χ2n) is 8.25. The third kappa shape index (κ3) is 5.27. The SMILES string of the molecule is O=C(CSCc1ccccc1)NCCn1ncc2c(=O)n(Cc3cccc4ccccc34)cnc21. The van der Waals surface area contributed by atoms with Gasteiger partial charge in [0.25, 0.3) is 5.56 Å². The Morgan fingerprint density at radius 2 is 1.74 bits per heavy atom. The van der Waals surface area contributed by atoms with Crippen molar-refractivity contribution in [2.24, 2.45) is 0 Å². The molecule has 0 saturated heterocycles. The van der Waals surface area contributed by atoms with Crippen molar-refractivity contribution in [1.29, 1.82) is 0 Å². The quantitative estimate of drug-likeness (QED) is 0.344. The molecule has 8 heteroatoms. The molecule has 0 radical (unpaired) electrons. The molecule has 3 aromatic carbocycles. The van der Waals surface area contributed by atoms with Gasteiger partial charge >= 0.3 is 0 Å². The van der Waals surface area contributed by atoms with Gasteiger partial charge in [-0.2, -0.15) is 5.10 Å². The normalized spacial score (nSPS) is 11.2. The van der Waals surface area contributed by atoms with Gasteiger partial charge in [0, 0.05) is 12.3 Å². The van der Waals surface area contributed by atoms with Crippen molar-refractivity contribution < 1.29 is 4.79 Å². The molecular weight excluding hydrogens is 458 g/mol. The second-order valence-corrected chi connectivity index (χ2v) is 9.23. The molecule has 0 aliphatic rings. The van der Waals surface area contributed by atoms with E-state index in [0.717, 1.165) is 22.1 Å². The number of hydrogen-bond acceptors (Lipinski definition) is 5. The van der Waals surface area contributed by atoms with E-state index in [0.29, 0.717) is 36.4 Å². The fourth-order valence-electron chi connectivity index (χ4n) is 4.08. The summed E-state index contributed by atoms with van der Waals surface area (Å²) in [7, 11) is 0. The predicted octanol–water partition coefficient (Wildman–Crippen LogP) is 3.84. The predicted molar refractivity (Wildman–Crippen MR) is 140 cm³/mol. The molecule has 2 aromatic heterocycles. The third-order valence-corrected chi connectivity index (χ3v) is 6.84. The van der Waals surface area contributed by atoms with Crippen LogP contribution in [0.25, 0.3) is 21.8 Å². The summed E-state index contributed by atoms with van der Waals surface area (Å²) < 4.78 is 3.28. The Hall–Kier alpha value is -3.91. The molecule has 0 fully saturated rings. The number of benzene rings is 3. The van der Waals surface area contributed by atoms with Crippen LogP contribution >= 0.6 is 11.8 Å². The number of nitrogens with one attached hydrogen (secondary N) is 1. The second kappa shape index (κ2) is 10.6. The molecule has 0 aliphatic carbocycles. The van der Waals surface area contributed by atoms with Crippen LogP contribution in [0.4, 0.5) is 0 Å². The number of rotatable bonds is 9. The van der Waals surface area contributed by atoms with E-state index in [1.165, 1.54) is 5.56 Å². The molecule has 7 nitrogen and oxygen atoms in total. The first-order valence-electron chi connectivity index (χ1n) is 11.4. The molecular formula is C27H25N5O2S. The largest absolute Gasteiger partial charge is 0.354 e. The molecule has 2 heterocycles. The van der Waals surface area contributed by atoms with E-state index in [4.69, 9.17) is 0 Å². The molecule has 0 bridgehead atoms. The molecule has 1 amide bonds. The summed E-state index contributed by atoms with van der Waals surface area (Å²) in [6.07, 6.45) is 3.13. The summed E-state index contributed by atoms with van der Waals surface area (Å²) in [6, 6.07) is 24.3. The Bertz CT molecular complexity index is 1520. The number of aromatic nitrogens is 4. The van der Waals surface area contributed by atoms with Crippen LogP contribution < -0.4 is 10.9 Å². The van der Waals surface area contributed by atoms with Gasteiger partial charge in [-0.3, -0.25) is 14.2 Å². The highest BCUT2D eigenvalue weighted by Gasteiger charge is 2.12. The first-order chi connectivity index (χ1) is 17.2. The van der Waals surface area contributed by atoms with E-state index < -0.39 is 0 Å². The number of carbonyl (C=O) groups excluding carboxylic acids is 1. The molecule has 5 aromatic rings. The van der Waals surface area contributed by atoms with E-state index >= 15 is 0 Å². The Balaban J connectivity index is 1.20. The molecule has 0 unspecified atom stereocenters. The van der Waals surface area contributed by atoms with E-state index in [2.05, 4.69) is 45.7 Å². The number of carbonyl (C=O) groups is 1. The zero-order chi connectivity index (χ0) is 24.0. The molecule has 0 atom stereocenters. The van der Waals surface area contributed by atoms with E-state index in [1.54, 1.807) is 33.5 Å². The van der Waals surface area contributed by atoms with Gasteiger partial charge in [-0.25, -0.2) is 9.67 Å². The van der Waals surface area contributed by atoms with Crippen LogP contribution in [0.1, 0.15) is 11.1 Å². The van der Waals surface area contributed by atoms with Gasteiger partial charge in [-0.05, 0) is 21.9 Å². The lowest BCUT2D eigenvalue weighted by Gasteiger charge is -2.09. The average Bonchev–Trinajstić information content (AvgIpc) is 3.30. The standard InChI is InChI=1S/C27H25N5O2S/c33-25(18-35-17-20-7-2-1-3-8-20)28-13-14-32-26-24(15-30-32)27(34)31(19-29-26)16-22-11-6-10-21-9-4-5-12-23(21)22/h1-12,15,19H,13-14,16-18H2,(H,28,33). The van der Waals surface area contributed by atoms with Crippen molar-refractivity contribution in [1.82, 2.24) is 24.6 Å². The van der Waals surface area contributed by atoms with Crippen molar-refractivity contribution in [3.05, 3.63) is 107 Å². The third-order valence-electron chi connectivity index (χ3n) is 5.83. The Morgan fingerprint density at radius 3 is 2.63 bits per heavy atom. The zero-order valence-electron chi connectivity index (χ0n) is 19.1. The summed E-state index contributed by atoms with van der Waals surface area (Å²) in [4.78, 5) is 29.8. The van der Waals surface area contributed by atoms with E-state index in [9.17, 15) is 9.59 Å². The van der Waals surface area contributed by atoms with Crippen LogP contribution in [0.2, 0.25) is 0 Å². The van der Waals surface area contributed by atoms with E-state index in [-0.39, 0.29) is 11.5 Å². The van der Waals surface area contributed by atoms with Crippen LogP contribution in [0.3, 0.4) is 0 Å². The van der Waals surface area contributed by atoms with Gasteiger partial charge in [0.1, 0.15) is 11.7 Å². The number of nitrogens with zero attached hydrogens (tertiary/aromatic N) is 4. The molecule has 0 spiro atoms. The smallest absolute Gasteiger partial charge is 0.264 e. The minimum absolute atomic E-state index is 0.0206. The van der Waals surface area contributed by atoms with Crippen LogP contribution in [0, 0.1) is 0 Å². The van der Waals surface area contributed by atoms with Crippen molar-refractivity contribution in [3.63, 3.8) is 0 Å². The maximum atomic E-state index is 13.1. The Labute approximate surface area is 206 Å². The summed E-state index contributed by atoms with van der Waals surface area (Å²) in [5.41, 5.74) is 2.66. The average molecular weight is 484 g/mol. The highest BCUT2D eigenvalue weighted by Crippen LogP contribution is 2.19. The zero-order valence-corrected chi connectivity index (χ0v) is 19.9. The van der Waals surface area contributed by atoms with Gasteiger partial charge in [-0.15, -0.1) is 11.8 Å². The lowest BCUT2D eigenvalue weighted by molar-refractivity contribution is -0.118. The van der Waals surface area contributed by atoms with Crippen molar-refractivity contribution in [2.75, 3.05) is 12.3 Å². The monoisotopic (exact) mass is 483 g/mol. The summed E-state index contributed by atoms with van der Waals surface area (Å²) in [5, 5.41) is 9.98. The molecule has 0 aliphatic heterocycles. The molecule has 5 rings (SSSR count). The van der Waals surface area contributed by atoms with E-state index in [1.807, 2.05) is 42.5 Å². The van der Waals surface area contributed by atoms with Gasteiger partial charge in [0.2, 0.25) is 5.91 Å². The van der Waals surface area contributed by atoms with Gasteiger partial charge in [0.15, 0.2) is 5.65 Å². The minimum Gasteiger partial charge on any atom is -0.354 e. The molecule has 1 N–H and O–H groups in total. The highest BCUT2D eigenvalue weighted by molar-refractivity contribution is 7.99. The first-order valence-corrected chi connectivity index (χ1v) is 12.6. The molecule has 35 heavy (non-hydrogen) atoms. The van der Waals surface area contributed by atoms with Crippen molar-refractivity contribution >= 4 is 39.5 Å². The maximum absolute atomic E-state index is 13.1. The minimum atomic E-state index is -0.129. The Kier molecular flexibility index (Phi) is 6.90. The Morgan fingerprint density at radius 1 is 0.943 bits per heavy atom. The number of hydrogen-bond donors (Lipinski definition) is 1. The number of fused-ring (bicyclic) bond motifs is 2. The highest BCUT2D eigenvalue weighted by atomic mass is 32.2. The van der Waals surface area contributed by atoms with Crippen molar-refractivity contribution in [2.45, 2.75) is 18.8 Å². The molecule has 176 valence electrons. The van der Waals surface area contributed by atoms with Crippen LogP contribution in [0.15, 0.2) is 90.1 Å². The molecule has 0 saturated carbocycles. The lowest BCUT2D eigenvalue weighted by Crippen LogP contribution is -2.29. The van der Waals surface area contributed by atoms with Gasteiger partial charge < -0.3 is 5.32 Å². The van der Waals surface area contributed by atoms with Crippen LogP contribution in [-0.4, -0.2) is 37.5 Å². The van der Waals surface area contributed by atoms with Gasteiger partial charge in [-0.1, -0.05) is 72.8 Å². The fraction of sp³-hybridized carbons (Fsp3) is 0.185. The number of amides is 1. The van der Waals surface area contributed by atoms with Crippen molar-refractivity contribution in [3.8, 4) is 0 Å². The summed E-state index contributed by atoms with van der Waals surface area (Å²) >= 11 is 1.58. The van der Waals surface area contributed by atoms with Crippen LogP contribution in [0.5, 0.6) is 0 Å². The van der Waals surface area contributed by atoms with Crippen LogP contribution in [-0.2, 0) is 23.6 Å². The fourth-order valence-corrected chi connectivity index (χ4v) is 4.89. The summed E-state index contributed by atoms with van der Waals surface area (Å²) in [6.45, 7) is 1.30. The maximum Gasteiger partial charge on any atom is 0.264 e. The first kappa shape index (κ1) is 22.9. The lowest BCUT2D eigenvalue weighted by atomic mass is 10.0.